The molecule has 0 radical (unpaired) electrons. The van der Waals surface area contributed by atoms with Gasteiger partial charge in [-0.3, -0.25) is 4.79 Å². The van der Waals surface area contributed by atoms with Crippen LogP contribution in [0.1, 0.15) is 79.0 Å². The Morgan fingerprint density at radius 2 is 1.69 bits per heavy atom. The number of hydrogen-bond acceptors (Lipinski definition) is 1. The summed E-state index contributed by atoms with van der Waals surface area (Å²) in [7, 11) is 0. The van der Waals surface area contributed by atoms with Gasteiger partial charge in [-0.25, -0.2) is 0 Å². The lowest BCUT2D eigenvalue weighted by atomic mass is 9.76. The van der Waals surface area contributed by atoms with Gasteiger partial charge >= 0.3 is 0 Å². The van der Waals surface area contributed by atoms with Crippen LogP contribution in [0.25, 0.3) is 0 Å². The number of ketones is 1. The third-order valence-electron chi connectivity index (χ3n) is 6.30. The first-order valence-corrected chi connectivity index (χ1v) is 10.8. The molecule has 150 valence electrons. The van der Waals surface area contributed by atoms with Gasteiger partial charge in [-0.15, -0.1) is 0 Å². The molecule has 0 saturated carbocycles. The Hall–Kier alpha value is -2.61. The van der Waals surface area contributed by atoms with E-state index in [-0.39, 0.29) is 17.1 Å². The number of aryl methyl sites for hydroxylation is 1. The zero-order chi connectivity index (χ0) is 20.4. The standard InChI is InChI=1S/C27H31NO/c1-27(2,3)22-17-25-23(15-10-16-28(25)19-22)24(20-11-6-4-7-12-20)18-26(29)21-13-8-5-9-14-21/h4-9,11-14,17,19,23-24H,10,15-16,18H2,1-3H3. The molecule has 0 amide bonds. The first kappa shape index (κ1) is 19.7. The summed E-state index contributed by atoms with van der Waals surface area (Å²) >= 11 is 0. The third kappa shape index (κ3) is 4.22. The number of Topliss-reactive ketones (excluding diaryl/α,β-unsaturated/α-hetero) is 1. The summed E-state index contributed by atoms with van der Waals surface area (Å²) < 4.78 is 2.44. The van der Waals surface area contributed by atoms with E-state index in [4.69, 9.17) is 0 Å². The topological polar surface area (TPSA) is 22.0 Å². The van der Waals surface area contributed by atoms with Crippen LogP contribution >= 0.6 is 0 Å². The largest absolute Gasteiger partial charge is 0.351 e. The number of aromatic nitrogens is 1. The SMILES string of the molecule is CC(C)(C)c1cc2n(c1)CCCC2C(CC(=O)c1ccccc1)c1ccccc1. The van der Waals surface area contributed by atoms with E-state index in [9.17, 15) is 4.79 Å². The maximum absolute atomic E-state index is 13.1. The van der Waals surface area contributed by atoms with Crippen molar-refractivity contribution in [2.75, 3.05) is 0 Å². The molecule has 0 saturated heterocycles. The predicted molar refractivity (Wildman–Crippen MR) is 120 cm³/mol. The second-order valence-electron chi connectivity index (χ2n) is 9.36. The number of benzene rings is 2. The van der Waals surface area contributed by atoms with Gasteiger partial charge in [0.2, 0.25) is 0 Å². The lowest BCUT2D eigenvalue weighted by molar-refractivity contribution is 0.0967. The molecule has 2 unspecified atom stereocenters. The predicted octanol–water partition coefficient (Wildman–Crippen LogP) is 6.72. The van der Waals surface area contributed by atoms with Crippen LogP contribution < -0.4 is 0 Å². The normalized spacial score (nSPS) is 17.6. The van der Waals surface area contributed by atoms with Crippen molar-refractivity contribution < 1.29 is 4.79 Å². The summed E-state index contributed by atoms with van der Waals surface area (Å²) in [5.41, 5.74) is 5.01. The van der Waals surface area contributed by atoms with E-state index in [0.29, 0.717) is 12.3 Å². The molecule has 0 N–H and O–H groups in total. The number of carbonyl (C=O) groups excluding carboxylic acids is 1. The summed E-state index contributed by atoms with van der Waals surface area (Å²) in [6, 6.07) is 22.8. The first-order chi connectivity index (χ1) is 13.9. The van der Waals surface area contributed by atoms with Gasteiger partial charge in [0.1, 0.15) is 0 Å². The zero-order valence-electron chi connectivity index (χ0n) is 17.8. The molecule has 3 aromatic rings. The van der Waals surface area contributed by atoms with Crippen molar-refractivity contribution in [3.05, 3.63) is 95.3 Å². The Balaban J connectivity index is 1.71. The van der Waals surface area contributed by atoms with Crippen molar-refractivity contribution >= 4 is 5.78 Å². The lowest BCUT2D eigenvalue weighted by Gasteiger charge is -2.32. The lowest BCUT2D eigenvalue weighted by Crippen LogP contribution is -2.22. The van der Waals surface area contributed by atoms with Crippen LogP contribution in [0, 0.1) is 0 Å². The average Bonchev–Trinajstić information content (AvgIpc) is 3.18. The molecule has 4 rings (SSSR count). The van der Waals surface area contributed by atoms with E-state index in [1.165, 1.54) is 23.2 Å². The van der Waals surface area contributed by atoms with Crippen LogP contribution in [0.4, 0.5) is 0 Å². The highest BCUT2D eigenvalue weighted by Crippen LogP contribution is 2.43. The molecule has 0 spiro atoms. The van der Waals surface area contributed by atoms with Crippen LogP contribution in [-0.4, -0.2) is 10.4 Å². The van der Waals surface area contributed by atoms with Crippen LogP contribution in [0.2, 0.25) is 0 Å². The molecule has 2 heteroatoms. The Bertz CT molecular complexity index is 963. The third-order valence-corrected chi connectivity index (χ3v) is 6.30. The van der Waals surface area contributed by atoms with Crippen LogP contribution in [0.15, 0.2) is 72.9 Å². The van der Waals surface area contributed by atoms with Crippen LogP contribution in [-0.2, 0) is 12.0 Å². The Kier molecular flexibility index (Phi) is 5.45. The molecule has 1 aromatic heterocycles. The van der Waals surface area contributed by atoms with Crippen molar-refractivity contribution in [1.29, 1.82) is 0 Å². The van der Waals surface area contributed by atoms with Crippen molar-refractivity contribution in [2.45, 2.75) is 63.8 Å². The fourth-order valence-corrected chi connectivity index (χ4v) is 4.62. The summed E-state index contributed by atoms with van der Waals surface area (Å²) in [5.74, 6) is 0.805. The van der Waals surface area contributed by atoms with Crippen molar-refractivity contribution in [3.8, 4) is 0 Å². The molecule has 1 aliphatic rings. The minimum Gasteiger partial charge on any atom is -0.351 e. The van der Waals surface area contributed by atoms with E-state index in [2.05, 4.69) is 67.9 Å². The molecule has 0 bridgehead atoms. The quantitative estimate of drug-likeness (QED) is 0.447. The monoisotopic (exact) mass is 385 g/mol. The highest BCUT2D eigenvalue weighted by atomic mass is 16.1. The fourth-order valence-electron chi connectivity index (χ4n) is 4.62. The van der Waals surface area contributed by atoms with Gasteiger partial charge in [0, 0.05) is 36.3 Å². The summed E-state index contributed by atoms with van der Waals surface area (Å²) in [6.07, 6.45) is 5.19. The number of carbonyl (C=O) groups is 1. The van der Waals surface area contributed by atoms with Crippen molar-refractivity contribution in [1.82, 2.24) is 4.57 Å². The Morgan fingerprint density at radius 3 is 2.34 bits per heavy atom. The van der Waals surface area contributed by atoms with Gasteiger partial charge in [-0.2, -0.15) is 0 Å². The maximum Gasteiger partial charge on any atom is 0.163 e. The molecular formula is C27H31NO. The minimum atomic E-state index is 0.136. The number of rotatable bonds is 5. The number of hydrogen-bond donors (Lipinski definition) is 0. The summed E-state index contributed by atoms with van der Waals surface area (Å²) in [6.45, 7) is 7.90. The first-order valence-electron chi connectivity index (χ1n) is 10.8. The van der Waals surface area contributed by atoms with Crippen molar-refractivity contribution in [3.63, 3.8) is 0 Å². The minimum absolute atomic E-state index is 0.136. The molecule has 1 aliphatic heterocycles. The van der Waals surface area contributed by atoms with Gasteiger partial charge < -0.3 is 4.57 Å². The van der Waals surface area contributed by atoms with Crippen LogP contribution in [0.3, 0.4) is 0 Å². The molecule has 0 aliphatic carbocycles. The Morgan fingerprint density at radius 1 is 1.03 bits per heavy atom. The molecular weight excluding hydrogens is 354 g/mol. The molecule has 2 atom stereocenters. The molecule has 2 heterocycles. The zero-order valence-corrected chi connectivity index (χ0v) is 17.8. The summed E-state index contributed by atoms with van der Waals surface area (Å²) in [4.78, 5) is 13.1. The molecule has 29 heavy (non-hydrogen) atoms. The average molecular weight is 386 g/mol. The summed E-state index contributed by atoms with van der Waals surface area (Å²) in [5, 5.41) is 0. The number of nitrogens with zero attached hydrogens (tertiary/aromatic N) is 1. The Labute approximate surface area is 174 Å². The fraction of sp³-hybridized carbons (Fsp3) is 0.370. The van der Waals surface area contributed by atoms with Gasteiger partial charge in [-0.05, 0) is 41.4 Å². The highest BCUT2D eigenvalue weighted by molar-refractivity contribution is 5.96. The van der Waals surface area contributed by atoms with E-state index in [1.54, 1.807) is 0 Å². The van der Waals surface area contributed by atoms with Crippen LogP contribution in [0.5, 0.6) is 0 Å². The van der Waals surface area contributed by atoms with E-state index in [1.807, 2.05) is 30.3 Å². The smallest absolute Gasteiger partial charge is 0.163 e. The number of fused-ring (bicyclic) bond motifs is 1. The molecule has 2 aromatic carbocycles. The van der Waals surface area contributed by atoms with Gasteiger partial charge in [0.15, 0.2) is 5.78 Å². The van der Waals surface area contributed by atoms with Gasteiger partial charge in [0.05, 0.1) is 0 Å². The maximum atomic E-state index is 13.1. The van der Waals surface area contributed by atoms with Gasteiger partial charge in [0.25, 0.3) is 0 Å². The van der Waals surface area contributed by atoms with E-state index in [0.717, 1.165) is 18.5 Å². The molecule has 0 fully saturated rings. The van der Waals surface area contributed by atoms with E-state index >= 15 is 0 Å². The second kappa shape index (κ2) is 8.02. The van der Waals surface area contributed by atoms with Crippen molar-refractivity contribution in [2.24, 2.45) is 0 Å². The second-order valence-corrected chi connectivity index (χ2v) is 9.36. The molecule has 2 nitrogen and oxygen atoms in total. The highest BCUT2D eigenvalue weighted by Gasteiger charge is 2.32. The van der Waals surface area contributed by atoms with Gasteiger partial charge in [-0.1, -0.05) is 81.4 Å². The van der Waals surface area contributed by atoms with E-state index < -0.39 is 0 Å².